The van der Waals surface area contributed by atoms with Gasteiger partial charge in [0.05, 0.1) is 35.0 Å². The van der Waals surface area contributed by atoms with Gasteiger partial charge < -0.3 is 33.9 Å². The average molecular weight is 883 g/mol. The number of carbonyl (C=O) groups is 4. The number of nitro groups is 1. The Kier molecular flexibility index (Phi) is 17.5. The van der Waals surface area contributed by atoms with Gasteiger partial charge >= 0.3 is 18.0 Å². The highest BCUT2D eigenvalue weighted by Gasteiger charge is 2.60. The van der Waals surface area contributed by atoms with Crippen molar-refractivity contribution in [1.29, 1.82) is 0 Å². The van der Waals surface area contributed by atoms with E-state index >= 15 is 0 Å². The van der Waals surface area contributed by atoms with Gasteiger partial charge in [0.1, 0.15) is 11.2 Å². The first-order valence-corrected chi connectivity index (χ1v) is 22.7. The maximum absolute atomic E-state index is 14.8. The largest absolute Gasteiger partial charge is 0.459 e. The number of esters is 2. The number of rotatable bonds is 12. The van der Waals surface area contributed by atoms with E-state index in [1.165, 1.54) is 26.0 Å². The molecule has 61 heavy (non-hydrogen) atoms. The molecule has 2 N–H and O–H groups in total. The molecule has 2 aliphatic rings. The lowest BCUT2D eigenvalue weighted by Gasteiger charge is -2.53. The number of amides is 1. The van der Waals surface area contributed by atoms with Crippen LogP contribution in [0, 0.1) is 27.4 Å². The topological polar surface area (TPSA) is 219 Å². The number of nitrogens with one attached hydrogen (secondary N) is 2. The first-order chi connectivity index (χ1) is 28.0. The van der Waals surface area contributed by atoms with Gasteiger partial charge in [0.25, 0.3) is 5.69 Å². The molecule has 0 spiro atoms. The highest BCUT2D eigenvalue weighted by atomic mass is 32.2. The van der Waals surface area contributed by atoms with Gasteiger partial charge in [-0.2, -0.15) is 0 Å². The number of likely N-dealkylation sites (N-methyl/N-ethyl adjacent to an activating group) is 1. The maximum atomic E-state index is 14.8. The van der Waals surface area contributed by atoms with E-state index in [4.69, 9.17) is 23.7 Å². The number of sulfonamides is 1. The van der Waals surface area contributed by atoms with E-state index in [-0.39, 0.29) is 37.3 Å². The number of hydrogen-bond donors (Lipinski definition) is 2. The molecule has 17 nitrogen and oxygen atoms in total. The van der Waals surface area contributed by atoms with Gasteiger partial charge in [-0.25, -0.2) is 17.9 Å². The summed E-state index contributed by atoms with van der Waals surface area (Å²) < 4.78 is 59.7. The van der Waals surface area contributed by atoms with Crippen LogP contribution in [-0.2, 0) is 48.1 Å². The Labute approximate surface area is 361 Å². The summed E-state index contributed by atoms with van der Waals surface area (Å²) in [6.07, 6.45) is -1.84. The number of para-hydroxylation sites is 1. The maximum Gasteiger partial charge on any atom is 0.408 e. The van der Waals surface area contributed by atoms with Crippen LogP contribution in [0.3, 0.4) is 0 Å². The van der Waals surface area contributed by atoms with Crippen LogP contribution < -0.4 is 10.0 Å². The zero-order valence-corrected chi connectivity index (χ0v) is 39.1. The Bertz CT molecular complexity index is 1830. The van der Waals surface area contributed by atoms with Crippen LogP contribution in [0.15, 0.2) is 29.2 Å². The fraction of sp³-hybridized carbons (Fsp3) is 0.767. The summed E-state index contributed by atoms with van der Waals surface area (Å²) in [5.41, 5.74) is -6.08. The molecule has 2 heterocycles. The number of ketones is 1. The van der Waals surface area contributed by atoms with Gasteiger partial charge in [0.2, 0.25) is 10.0 Å². The fourth-order valence-electron chi connectivity index (χ4n) is 7.71. The number of benzene rings is 1. The Morgan fingerprint density at radius 3 is 2.30 bits per heavy atom. The predicted molar refractivity (Wildman–Crippen MR) is 227 cm³/mol. The zero-order valence-electron chi connectivity index (χ0n) is 38.3. The summed E-state index contributed by atoms with van der Waals surface area (Å²) in [6, 6.07) is 5.04. The molecule has 0 bridgehead atoms. The molecule has 0 aliphatic carbocycles. The van der Waals surface area contributed by atoms with E-state index in [1.54, 1.807) is 41.5 Å². The number of nitro benzene ring substituents is 1. The Balaban J connectivity index is 1.97. The monoisotopic (exact) mass is 882 g/mol. The van der Waals surface area contributed by atoms with E-state index in [1.807, 2.05) is 27.8 Å². The van der Waals surface area contributed by atoms with Gasteiger partial charge in [-0.1, -0.05) is 53.2 Å². The van der Waals surface area contributed by atoms with Crippen molar-refractivity contribution in [2.24, 2.45) is 17.3 Å². The summed E-state index contributed by atoms with van der Waals surface area (Å²) in [7, 11) is -2.36. The Hall–Kier alpha value is -3.71. The third-order valence-corrected chi connectivity index (χ3v) is 14.0. The molecule has 7 atom stereocenters. The van der Waals surface area contributed by atoms with E-state index in [0.717, 1.165) is 12.1 Å². The van der Waals surface area contributed by atoms with Crippen LogP contribution in [0.2, 0.25) is 0 Å². The second kappa shape index (κ2) is 20.6. The lowest BCUT2D eigenvalue weighted by atomic mass is 9.60. The molecular weight excluding hydrogens is 813 g/mol. The van der Waals surface area contributed by atoms with Gasteiger partial charge in [-0.05, 0) is 86.8 Å². The van der Waals surface area contributed by atoms with Crippen molar-refractivity contribution in [2.75, 3.05) is 20.1 Å². The molecule has 2 fully saturated rings. The second-order valence-corrected chi connectivity index (χ2v) is 20.7. The molecule has 1 aromatic carbocycles. The Morgan fingerprint density at radius 2 is 1.67 bits per heavy atom. The smallest absolute Gasteiger partial charge is 0.408 e. The standard InChI is InChI=1S/C43H70N4O13S/c1-27(2)22-35(48)60-43(12)30(5)38(50)33(58-39(51)45-40(6,7)26-44-61(54,55)34-21-17-15-19-32(34)47(52)53)20-16-14-18-31(24-36(49)59-42(10,11)41(43,8)9)57-37-23-28(3)46(13)25-29(4)56-37/h15,17,19,21,27-31,33,37,44H,14,16,18,20,22-26H2,1-13H3,(H,45,51)/t28-,29+,30?,31?,33?,37+,43?/m1/s1. The minimum absolute atomic E-state index is 0.0564. The van der Waals surface area contributed by atoms with Crippen LogP contribution in [0.25, 0.3) is 0 Å². The quantitative estimate of drug-likeness (QED) is 0.0998. The molecule has 0 radical (unpaired) electrons. The predicted octanol–water partition coefficient (Wildman–Crippen LogP) is 6.45. The molecule has 3 rings (SSSR count). The van der Waals surface area contributed by atoms with E-state index in [9.17, 15) is 37.7 Å². The van der Waals surface area contributed by atoms with Crippen molar-refractivity contribution in [3.05, 3.63) is 34.4 Å². The number of Topliss-reactive ketones (excluding diaryl/α,β-unsaturated/α-hetero) is 1. The molecule has 4 unspecified atom stereocenters. The summed E-state index contributed by atoms with van der Waals surface area (Å²) in [6.45, 7) is 21.3. The summed E-state index contributed by atoms with van der Waals surface area (Å²) >= 11 is 0. The van der Waals surface area contributed by atoms with Gasteiger partial charge in [0.15, 0.2) is 23.1 Å². The number of ether oxygens (including phenoxy) is 5. The van der Waals surface area contributed by atoms with Crippen molar-refractivity contribution < 1.29 is 56.2 Å². The molecule has 0 aromatic heterocycles. The lowest BCUT2D eigenvalue weighted by Crippen LogP contribution is -2.63. The van der Waals surface area contributed by atoms with Gasteiger partial charge in [0, 0.05) is 43.5 Å². The van der Waals surface area contributed by atoms with Crippen LogP contribution in [0.1, 0.15) is 128 Å². The number of nitrogens with zero attached hydrogens (tertiary/aromatic N) is 2. The number of alkyl carbamates (subject to hydrolysis) is 1. The van der Waals surface area contributed by atoms with Crippen LogP contribution in [0.4, 0.5) is 10.5 Å². The van der Waals surface area contributed by atoms with E-state index in [0.29, 0.717) is 32.2 Å². The SMILES string of the molecule is CC(C)CC(=O)OC1(C)C(C)C(=O)C(OC(=O)NC(C)(C)CNS(=O)(=O)c2ccccc2[N+](=O)[O-])CCCCC(O[C@H]2C[C@@H](C)N(C)C[C@H](C)O2)CC(=O)OC(C)(C)C1(C)C. The first-order valence-electron chi connectivity index (χ1n) is 21.2. The minimum atomic E-state index is -4.39. The second-order valence-electron chi connectivity index (χ2n) is 19.0. The van der Waals surface area contributed by atoms with Crippen LogP contribution >= 0.6 is 0 Å². The van der Waals surface area contributed by atoms with Crippen LogP contribution in [0.5, 0.6) is 0 Å². The van der Waals surface area contributed by atoms with Crippen LogP contribution in [-0.4, -0.2) is 110 Å². The highest BCUT2D eigenvalue weighted by Crippen LogP contribution is 2.50. The van der Waals surface area contributed by atoms with E-state index < -0.39 is 102 Å². The number of cyclic esters (lactones) is 1. The van der Waals surface area contributed by atoms with Gasteiger partial charge in [-0.3, -0.25) is 24.5 Å². The molecule has 346 valence electrons. The summed E-state index contributed by atoms with van der Waals surface area (Å²) in [5, 5.41) is 14.1. The third-order valence-electron chi connectivity index (χ3n) is 12.5. The lowest BCUT2D eigenvalue weighted by molar-refractivity contribution is -0.387. The van der Waals surface area contributed by atoms with Crippen molar-refractivity contribution >= 4 is 39.5 Å². The fourth-order valence-corrected chi connectivity index (χ4v) is 9.09. The summed E-state index contributed by atoms with van der Waals surface area (Å²) in [5.74, 6) is -2.77. The third kappa shape index (κ3) is 13.6. The zero-order chi connectivity index (χ0) is 46.3. The molecule has 18 heteroatoms. The number of carbonyl (C=O) groups excluding carboxylic acids is 4. The van der Waals surface area contributed by atoms with Crippen molar-refractivity contribution in [1.82, 2.24) is 14.9 Å². The van der Waals surface area contributed by atoms with Crippen molar-refractivity contribution in [2.45, 2.75) is 180 Å². The molecule has 2 saturated heterocycles. The Morgan fingerprint density at radius 1 is 1.05 bits per heavy atom. The number of hydrogen-bond acceptors (Lipinski definition) is 14. The normalized spacial score (nSPS) is 28.5. The average Bonchev–Trinajstić information content (AvgIpc) is 3.24. The van der Waals surface area contributed by atoms with E-state index in [2.05, 4.69) is 21.9 Å². The summed E-state index contributed by atoms with van der Waals surface area (Å²) in [4.78, 5) is 68.1. The highest BCUT2D eigenvalue weighted by molar-refractivity contribution is 7.89. The van der Waals surface area contributed by atoms with Gasteiger partial charge in [-0.15, -0.1) is 0 Å². The first kappa shape index (κ1) is 51.6. The molecular formula is C43H70N4O13S. The molecule has 1 amide bonds. The molecule has 2 aliphatic heterocycles. The van der Waals surface area contributed by atoms with Crippen molar-refractivity contribution in [3.63, 3.8) is 0 Å². The minimum Gasteiger partial charge on any atom is -0.459 e. The van der Waals surface area contributed by atoms with Crippen molar-refractivity contribution in [3.8, 4) is 0 Å². The molecule has 0 saturated carbocycles. The molecule has 1 aromatic rings.